The molecule has 0 spiro atoms. The van der Waals surface area contributed by atoms with Gasteiger partial charge in [0.2, 0.25) is 0 Å². The van der Waals surface area contributed by atoms with Crippen LogP contribution < -0.4 is 4.74 Å². The number of aliphatic hydroxyl groups excluding tert-OH is 1. The van der Waals surface area contributed by atoms with Crippen LogP contribution in [0, 0.1) is 11.3 Å². The number of halogens is 1. The average molecular weight is 311 g/mol. The van der Waals surface area contributed by atoms with Gasteiger partial charge < -0.3 is 9.84 Å². The molecule has 0 aliphatic heterocycles. The SMILES string of the molecule is COc1ccc(Cl)cc1CC(O)C1(CC(C)C)CCCC1. The minimum Gasteiger partial charge on any atom is -0.496 e. The van der Waals surface area contributed by atoms with Crippen molar-refractivity contribution >= 4 is 11.6 Å². The Labute approximate surface area is 133 Å². The van der Waals surface area contributed by atoms with E-state index in [1.165, 1.54) is 12.8 Å². The standard InChI is InChI=1S/C18H27ClO2/c1-13(2)12-18(8-4-5-9-18)17(20)11-14-10-15(19)6-7-16(14)21-3/h6-7,10,13,17,20H,4-5,8-9,11-12H2,1-3H3. The van der Waals surface area contributed by atoms with Crippen LogP contribution in [0.5, 0.6) is 5.75 Å². The molecule has 1 aliphatic rings. The predicted octanol–water partition coefficient (Wildman–Crippen LogP) is 4.86. The van der Waals surface area contributed by atoms with E-state index in [4.69, 9.17) is 16.3 Å². The summed E-state index contributed by atoms with van der Waals surface area (Å²) in [5.41, 5.74) is 1.08. The molecule has 1 fully saturated rings. The molecule has 1 saturated carbocycles. The molecule has 3 heteroatoms. The Morgan fingerprint density at radius 3 is 2.52 bits per heavy atom. The van der Waals surface area contributed by atoms with Gasteiger partial charge in [-0.05, 0) is 54.4 Å². The Balaban J connectivity index is 2.19. The number of hydrogen-bond donors (Lipinski definition) is 1. The predicted molar refractivity (Wildman–Crippen MR) is 88.1 cm³/mol. The van der Waals surface area contributed by atoms with E-state index in [0.29, 0.717) is 17.4 Å². The van der Waals surface area contributed by atoms with E-state index in [0.717, 1.165) is 30.6 Å². The van der Waals surface area contributed by atoms with Gasteiger partial charge in [-0.3, -0.25) is 0 Å². The summed E-state index contributed by atoms with van der Waals surface area (Å²) in [7, 11) is 1.67. The summed E-state index contributed by atoms with van der Waals surface area (Å²) >= 11 is 6.10. The molecular formula is C18H27ClO2. The van der Waals surface area contributed by atoms with Crippen molar-refractivity contribution in [2.45, 2.75) is 58.5 Å². The van der Waals surface area contributed by atoms with Crippen LogP contribution in [0.25, 0.3) is 0 Å². The van der Waals surface area contributed by atoms with E-state index < -0.39 is 0 Å². The molecular weight excluding hydrogens is 284 g/mol. The Morgan fingerprint density at radius 1 is 1.29 bits per heavy atom. The van der Waals surface area contributed by atoms with Crippen LogP contribution in [-0.4, -0.2) is 18.3 Å². The third-order valence-electron chi connectivity index (χ3n) is 4.78. The molecule has 0 amide bonds. The minimum atomic E-state index is -0.324. The molecule has 2 nitrogen and oxygen atoms in total. The number of benzene rings is 1. The van der Waals surface area contributed by atoms with Crippen molar-refractivity contribution < 1.29 is 9.84 Å². The second-order valence-corrected chi connectivity index (χ2v) is 7.28. The summed E-state index contributed by atoms with van der Waals surface area (Å²) in [4.78, 5) is 0. The average Bonchev–Trinajstić information content (AvgIpc) is 2.88. The van der Waals surface area contributed by atoms with Crippen LogP contribution in [0.1, 0.15) is 51.5 Å². The summed E-state index contributed by atoms with van der Waals surface area (Å²) < 4.78 is 5.41. The summed E-state index contributed by atoms with van der Waals surface area (Å²) in [6, 6.07) is 5.63. The van der Waals surface area contributed by atoms with E-state index in [-0.39, 0.29) is 11.5 Å². The quantitative estimate of drug-likeness (QED) is 0.813. The lowest BCUT2D eigenvalue weighted by atomic mass is 9.72. The first-order valence-corrected chi connectivity index (χ1v) is 8.35. The molecule has 118 valence electrons. The van der Waals surface area contributed by atoms with E-state index in [1.54, 1.807) is 7.11 Å². The lowest BCUT2D eigenvalue weighted by Gasteiger charge is -2.36. The van der Waals surface area contributed by atoms with Gasteiger partial charge in [0.25, 0.3) is 0 Å². The highest BCUT2D eigenvalue weighted by Crippen LogP contribution is 2.47. The summed E-state index contributed by atoms with van der Waals surface area (Å²) in [5, 5.41) is 11.6. The lowest BCUT2D eigenvalue weighted by Crippen LogP contribution is -2.35. The zero-order chi connectivity index (χ0) is 15.5. The van der Waals surface area contributed by atoms with E-state index >= 15 is 0 Å². The fraction of sp³-hybridized carbons (Fsp3) is 0.667. The first-order chi connectivity index (χ1) is 9.97. The van der Waals surface area contributed by atoms with E-state index in [9.17, 15) is 5.11 Å². The third-order valence-corrected chi connectivity index (χ3v) is 5.01. The molecule has 2 rings (SSSR count). The lowest BCUT2D eigenvalue weighted by molar-refractivity contribution is 0.0130. The van der Waals surface area contributed by atoms with Crippen molar-refractivity contribution in [3.63, 3.8) is 0 Å². The largest absolute Gasteiger partial charge is 0.496 e. The molecule has 21 heavy (non-hydrogen) atoms. The molecule has 0 radical (unpaired) electrons. The number of rotatable bonds is 6. The van der Waals surface area contributed by atoms with Gasteiger partial charge in [-0.1, -0.05) is 38.3 Å². The van der Waals surface area contributed by atoms with E-state index in [2.05, 4.69) is 13.8 Å². The summed E-state index contributed by atoms with van der Waals surface area (Å²) in [5.74, 6) is 1.43. The monoisotopic (exact) mass is 310 g/mol. The number of methoxy groups -OCH3 is 1. The van der Waals surface area contributed by atoms with Crippen molar-refractivity contribution in [1.29, 1.82) is 0 Å². The molecule has 0 saturated heterocycles. The van der Waals surface area contributed by atoms with Gasteiger partial charge in [0, 0.05) is 11.4 Å². The molecule has 0 aromatic heterocycles. The Morgan fingerprint density at radius 2 is 1.95 bits per heavy atom. The van der Waals surface area contributed by atoms with Crippen LogP contribution in [0.3, 0.4) is 0 Å². The van der Waals surface area contributed by atoms with Crippen molar-refractivity contribution in [3.8, 4) is 5.75 Å². The van der Waals surface area contributed by atoms with Gasteiger partial charge in [-0.2, -0.15) is 0 Å². The normalized spacial score (nSPS) is 19.0. The van der Waals surface area contributed by atoms with Crippen molar-refractivity contribution in [2.75, 3.05) is 7.11 Å². The fourth-order valence-corrected chi connectivity index (χ4v) is 4.09. The van der Waals surface area contributed by atoms with Crippen LogP contribution in [0.2, 0.25) is 5.02 Å². The van der Waals surface area contributed by atoms with Crippen LogP contribution >= 0.6 is 11.6 Å². The minimum absolute atomic E-state index is 0.0709. The van der Waals surface area contributed by atoms with Gasteiger partial charge in [0.05, 0.1) is 13.2 Å². The molecule has 1 aromatic carbocycles. The third kappa shape index (κ3) is 3.92. The number of hydrogen-bond acceptors (Lipinski definition) is 2. The summed E-state index contributed by atoms with van der Waals surface area (Å²) in [6.45, 7) is 4.49. The molecule has 1 aromatic rings. The summed E-state index contributed by atoms with van der Waals surface area (Å²) in [6.07, 6.45) is 6.12. The highest BCUT2D eigenvalue weighted by molar-refractivity contribution is 6.30. The fourth-order valence-electron chi connectivity index (χ4n) is 3.90. The Hall–Kier alpha value is -0.730. The molecule has 0 bridgehead atoms. The maximum absolute atomic E-state index is 10.9. The Kier molecular flexibility index (Phi) is 5.56. The van der Waals surface area contributed by atoms with Crippen LogP contribution in [0.4, 0.5) is 0 Å². The zero-order valence-corrected chi connectivity index (χ0v) is 14.1. The van der Waals surface area contributed by atoms with Crippen LogP contribution in [0.15, 0.2) is 18.2 Å². The highest BCUT2D eigenvalue weighted by atomic mass is 35.5. The van der Waals surface area contributed by atoms with Gasteiger partial charge in [-0.25, -0.2) is 0 Å². The van der Waals surface area contributed by atoms with Gasteiger partial charge in [-0.15, -0.1) is 0 Å². The first kappa shape index (κ1) is 16.6. The highest BCUT2D eigenvalue weighted by Gasteiger charge is 2.40. The maximum Gasteiger partial charge on any atom is 0.122 e. The molecule has 1 atom stereocenters. The van der Waals surface area contributed by atoms with E-state index in [1.807, 2.05) is 18.2 Å². The van der Waals surface area contributed by atoms with Crippen LogP contribution in [-0.2, 0) is 6.42 Å². The molecule has 1 unspecified atom stereocenters. The maximum atomic E-state index is 10.9. The second kappa shape index (κ2) is 7.02. The topological polar surface area (TPSA) is 29.5 Å². The molecule has 1 aliphatic carbocycles. The second-order valence-electron chi connectivity index (χ2n) is 6.84. The zero-order valence-electron chi connectivity index (χ0n) is 13.4. The van der Waals surface area contributed by atoms with Gasteiger partial charge >= 0.3 is 0 Å². The number of aliphatic hydroxyl groups is 1. The number of ether oxygens (including phenoxy) is 1. The molecule has 1 N–H and O–H groups in total. The first-order valence-electron chi connectivity index (χ1n) is 7.97. The van der Waals surface area contributed by atoms with Gasteiger partial charge in [0.15, 0.2) is 0 Å². The van der Waals surface area contributed by atoms with Crippen molar-refractivity contribution in [1.82, 2.24) is 0 Å². The molecule has 0 heterocycles. The van der Waals surface area contributed by atoms with Gasteiger partial charge in [0.1, 0.15) is 5.75 Å². The smallest absolute Gasteiger partial charge is 0.122 e. The van der Waals surface area contributed by atoms with Crippen molar-refractivity contribution in [3.05, 3.63) is 28.8 Å². The Bertz CT molecular complexity index is 464. The van der Waals surface area contributed by atoms with Crippen molar-refractivity contribution in [2.24, 2.45) is 11.3 Å².